The molecule has 0 heterocycles. The highest BCUT2D eigenvalue weighted by molar-refractivity contribution is 5.95. The highest BCUT2D eigenvalue weighted by atomic mass is 16.5. The van der Waals surface area contributed by atoms with Crippen molar-refractivity contribution in [2.45, 2.75) is 0 Å². The molecule has 3 N–H and O–H groups in total. The van der Waals surface area contributed by atoms with Crippen LogP contribution in [0.2, 0.25) is 0 Å². The van der Waals surface area contributed by atoms with Crippen molar-refractivity contribution in [3.8, 4) is 5.75 Å². The predicted molar refractivity (Wildman–Crippen MR) is 58.3 cm³/mol. The Balaban J connectivity index is 3.28. The van der Waals surface area contributed by atoms with Crippen LogP contribution in [0.15, 0.2) is 12.1 Å². The molecule has 0 saturated carbocycles. The number of carbonyl (C=O) groups excluding carboxylic acids is 1. The molecule has 1 rings (SSSR count). The minimum atomic E-state index is -0.455. The van der Waals surface area contributed by atoms with Crippen LogP contribution in [0, 0.1) is 0 Å². The van der Waals surface area contributed by atoms with Crippen molar-refractivity contribution < 1.29 is 14.3 Å². The molecule has 15 heavy (non-hydrogen) atoms. The average Bonchev–Trinajstić information content (AvgIpc) is 2.27. The molecule has 5 nitrogen and oxygen atoms in total. The van der Waals surface area contributed by atoms with Crippen LogP contribution in [0.1, 0.15) is 10.4 Å². The van der Waals surface area contributed by atoms with Crippen molar-refractivity contribution in [2.24, 2.45) is 0 Å². The second-order valence-corrected chi connectivity index (χ2v) is 2.88. The van der Waals surface area contributed by atoms with Gasteiger partial charge in [0.05, 0.1) is 25.6 Å². The van der Waals surface area contributed by atoms with E-state index in [1.807, 2.05) is 0 Å². The van der Waals surface area contributed by atoms with Gasteiger partial charge in [0, 0.05) is 13.1 Å². The van der Waals surface area contributed by atoms with Gasteiger partial charge < -0.3 is 20.5 Å². The normalized spacial score (nSPS) is 9.53. The topological polar surface area (TPSA) is 73.6 Å². The van der Waals surface area contributed by atoms with Crippen molar-refractivity contribution in [3.63, 3.8) is 0 Å². The number of anilines is 2. The number of hydrogen-bond acceptors (Lipinski definition) is 5. The third-order valence-electron chi connectivity index (χ3n) is 2.05. The Hall–Kier alpha value is -1.91. The Bertz CT molecular complexity index is 377. The lowest BCUT2D eigenvalue weighted by atomic mass is 10.1. The van der Waals surface area contributed by atoms with Gasteiger partial charge in [-0.15, -0.1) is 0 Å². The van der Waals surface area contributed by atoms with Crippen LogP contribution < -0.4 is 15.8 Å². The van der Waals surface area contributed by atoms with E-state index in [2.05, 4.69) is 10.1 Å². The molecule has 0 saturated heterocycles. The molecule has 0 atom stereocenters. The molecule has 1 aromatic rings. The summed E-state index contributed by atoms with van der Waals surface area (Å²) in [6.45, 7) is 0. The Kier molecular flexibility index (Phi) is 3.38. The van der Waals surface area contributed by atoms with Gasteiger partial charge in [0.25, 0.3) is 0 Å². The molecule has 5 heteroatoms. The van der Waals surface area contributed by atoms with Crippen LogP contribution in [-0.4, -0.2) is 27.2 Å². The highest BCUT2D eigenvalue weighted by Crippen LogP contribution is 2.29. The summed E-state index contributed by atoms with van der Waals surface area (Å²) in [6, 6.07) is 3.18. The molecule has 0 aliphatic heterocycles. The smallest absolute Gasteiger partial charge is 0.341 e. The van der Waals surface area contributed by atoms with Gasteiger partial charge in [0.1, 0.15) is 11.3 Å². The zero-order valence-corrected chi connectivity index (χ0v) is 8.96. The summed E-state index contributed by atoms with van der Waals surface area (Å²) < 4.78 is 9.67. The minimum absolute atomic E-state index is 0.346. The summed E-state index contributed by atoms with van der Waals surface area (Å²) in [6.07, 6.45) is 0. The van der Waals surface area contributed by atoms with E-state index >= 15 is 0 Å². The molecule has 0 spiro atoms. The van der Waals surface area contributed by atoms with Gasteiger partial charge in [-0.2, -0.15) is 0 Å². The lowest BCUT2D eigenvalue weighted by molar-refractivity contribution is 0.0597. The van der Waals surface area contributed by atoms with Crippen LogP contribution in [0.25, 0.3) is 0 Å². The van der Waals surface area contributed by atoms with E-state index < -0.39 is 5.97 Å². The molecule has 0 fully saturated rings. The fourth-order valence-corrected chi connectivity index (χ4v) is 1.25. The van der Waals surface area contributed by atoms with E-state index in [1.165, 1.54) is 14.2 Å². The zero-order valence-electron chi connectivity index (χ0n) is 8.96. The van der Waals surface area contributed by atoms with Crippen LogP contribution in [0.3, 0.4) is 0 Å². The van der Waals surface area contributed by atoms with Gasteiger partial charge in [-0.05, 0) is 6.07 Å². The maximum Gasteiger partial charge on any atom is 0.341 e. The number of methoxy groups -OCH3 is 2. The first kappa shape index (κ1) is 11.2. The van der Waals surface area contributed by atoms with Crippen molar-refractivity contribution in [1.29, 1.82) is 0 Å². The average molecular weight is 210 g/mol. The molecular weight excluding hydrogens is 196 g/mol. The van der Waals surface area contributed by atoms with Crippen LogP contribution in [0.5, 0.6) is 5.75 Å². The van der Waals surface area contributed by atoms with Crippen molar-refractivity contribution in [2.75, 3.05) is 32.3 Å². The van der Waals surface area contributed by atoms with Gasteiger partial charge in [0.15, 0.2) is 0 Å². The summed E-state index contributed by atoms with van der Waals surface area (Å²) in [5, 5.41) is 2.88. The third-order valence-corrected chi connectivity index (χ3v) is 2.05. The third kappa shape index (κ3) is 2.12. The van der Waals surface area contributed by atoms with Crippen molar-refractivity contribution >= 4 is 17.3 Å². The Labute approximate surface area is 88.2 Å². The van der Waals surface area contributed by atoms with E-state index in [-0.39, 0.29) is 0 Å². The molecule has 0 unspecified atom stereocenters. The van der Waals surface area contributed by atoms with E-state index in [0.29, 0.717) is 22.7 Å². The van der Waals surface area contributed by atoms with Crippen LogP contribution in [-0.2, 0) is 4.74 Å². The monoisotopic (exact) mass is 210 g/mol. The van der Waals surface area contributed by atoms with Gasteiger partial charge in [-0.25, -0.2) is 4.79 Å². The minimum Gasteiger partial charge on any atom is -0.496 e. The van der Waals surface area contributed by atoms with Crippen LogP contribution >= 0.6 is 0 Å². The van der Waals surface area contributed by atoms with E-state index in [0.717, 1.165) is 0 Å². The number of hydrogen-bond donors (Lipinski definition) is 2. The standard InChI is InChI=1S/C10H14N2O3/c1-12-8-4-6(10(13)15-3)9(14-2)5-7(8)11/h4-5,12H,11H2,1-3H3. The maximum absolute atomic E-state index is 11.4. The Morgan fingerprint density at radius 3 is 2.53 bits per heavy atom. The largest absolute Gasteiger partial charge is 0.496 e. The second kappa shape index (κ2) is 4.54. The van der Waals surface area contributed by atoms with E-state index in [1.54, 1.807) is 19.2 Å². The van der Waals surface area contributed by atoms with E-state index in [9.17, 15) is 4.79 Å². The molecular formula is C10H14N2O3. The SMILES string of the molecule is CNc1cc(C(=O)OC)c(OC)cc1N. The summed E-state index contributed by atoms with van der Waals surface area (Å²) in [5.74, 6) is -0.0540. The first-order valence-corrected chi connectivity index (χ1v) is 4.37. The summed E-state index contributed by atoms with van der Waals surface area (Å²) in [4.78, 5) is 11.4. The number of nitrogens with one attached hydrogen (secondary N) is 1. The molecule has 0 bridgehead atoms. The molecule has 0 aliphatic carbocycles. The molecule has 1 aromatic carbocycles. The number of nitrogens with two attached hydrogens (primary N) is 1. The van der Waals surface area contributed by atoms with Gasteiger partial charge >= 0.3 is 5.97 Å². The Morgan fingerprint density at radius 1 is 1.40 bits per heavy atom. The quantitative estimate of drug-likeness (QED) is 0.577. The summed E-state index contributed by atoms with van der Waals surface area (Å²) in [7, 11) is 4.51. The van der Waals surface area contributed by atoms with Crippen LogP contribution in [0.4, 0.5) is 11.4 Å². The number of nitrogen functional groups attached to an aromatic ring is 1. The van der Waals surface area contributed by atoms with Gasteiger partial charge in [-0.1, -0.05) is 0 Å². The number of benzene rings is 1. The first-order chi connectivity index (χ1) is 7.13. The Morgan fingerprint density at radius 2 is 2.07 bits per heavy atom. The summed E-state index contributed by atoms with van der Waals surface area (Å²) in [5.41, 5.74) is 7.25. The zero-order chi connectivity index (χ0) is 11.4. The lowest BCUT2D eigenvalue weighted by Crippen LogP contribution is -2.06. The number of rotatable bonds is 3. The number of carbonyl (C=O) groups is 1. The molecule has 0 aromatic heterocycles. The molecule has 82 valence electrons. The van der Waals surface area contributed by atoms with Crippen molar-refractivity contribution in [3.05, 3.63) is 17.7 Å². The predicted octanol–water partition coefficient (Wildman–Crippen LogP) is 1.11. The first-order valence-electron chi connectivity index (χ1n) is 4.37. The lowest BCUT2D eigenvalue weighted by Gasteiger charge is -2.11. The number of esters is 1. The highest BCUT2D eigenvalue weighted by Gasteiger charge is 2.15. The molecule has 0 amide bonds. The second-order valence-electron chi connectivity index (χ2n) is 2.88. The van der Waals surface area contributed by atoms with Crippen molar-refractivity contribution in [1.82, 2.24) is 0 Å². The fraction of sp³-hybridized carbons (Fsp3) is 0.300. The number of ether oxygens (including phenoxy) is 2. The van der Waals surface area contributed by atoms with Gasteiger partial charge in [0.2, 0.25) is 0 Å². The maximum atomic E-state index is 11.4. The van der Waals surface area contributed by atoms with Gasteiger partial charge in [-0.3, -0.25) is 0 Å². The summed E-state index contributed by atoms with van der Waals surface area (Å²) >= 11 is 0. The van der Waals surface area contributed by atoms with E-state index in [4.69, 9.17) is 10.5 Å². The fourth-order valence-electron chi connectivity index (χ4n) is 1.25. The molecule has 0 radical (unpaired) electrons. The molecule has 0 aliphatic rings.